The highest BCUT2D eigenvalue weighted by atomic mass is 14.9. The van der Waals surface area contributed by atoms with Crippen LogP contribution in [0.4, 0.5) is 0 Å². The fourth-order valence-electron chi connectivity index (χ4n) is 1.49. The van der Waals surface area contributed by atoms with Gasteiger partial charge < -0.3 is 4.57 Å². The molecule has 0 fully saturated rings. The van der Waals surface area contributed by atoms with Gasteiger partial charge in [-0.25, -0.2) is 0 Å². The van der Waals surface area contributed by atoms with Crippen molar-refractivity contribution in [3.8, 4) is 6.07 Å². The molecular weight excluding hydrogens is 159 g/mol. The predicted octanol–water partition coefficient (Wildman–Crippen LogP) is 0.844. The molecule has 0 saturated carbocycles. The lowest BCUT2D eigenvalue weighted by Crippen LogP contribution is -1.97. The lowest BCUT2D eigenvalue weighted by atomic mass is 9.95. The molecule has 60 valence electrons. The van der Waals surface area contributed by atoms with Crippen molar-refractivity contribution in [1.29, 1.82) is 5.26 Å². The molecule has 2 radical (unpaired) electrons. The summed E-state index contributed by atoms with van der Waals surface area (Å²) in [5, 5.41) is 9.64. The van der Waals surface area contributed by atoms with Gasteiger partial charge in [0, 0.05) is 12.6 Å². The summed E-state index contributed by atoms with van der Waals surface area (Å²) in [5.74, 6) is 0. The van der Waals surface area contributed by atoms with Crippen LogP contribution in [-0.4, -0.2) is 12.4 Å². The van der Waals surface area contributed by atoms with Crippen LogP contribution in [0.1, 0.15) is 5.56 Å². The van der Waals surface area contributed by atoms with Crippen LogP contribution in [0, 0.1) is 11.3 Å². The quantitative estimate of drug-likeness (QED) is 0.533. The van der Waals surface area contributed by atoms with E-state index in [1.165, 1.54) is 0 Å². The lowest BCUT2D eigenvalue weighted by molar-refractivity contribution is 0.972. The zero-order valence-electron chi connectivity index (χ0n) is 7.28. The average Bonchev–Trinajstić information content (AvgIpc) is 2.42. The first-order chi connectivity index (χ1) is 6.22. The van der Waals surface area contributed by atoms with Gasteiger partial charge in [0.05, 0.1) is 11.6 Å². The Labute approximate surface area is 77.8 Å². The molecule has 0 aliphatic heterocycles. The normalized spacial score (nSPS) is 10.2. The highest BCUT2D eigenvalue weighted by molar-refractivity contribution is 6.38. The van der Waals surface area contributed by atoms with E-state index >= 15 is 0 Å². The summed E-state index contributed by atoms with van der Waals surface area (Å²) < 4.78 is 1.95. The average molecular weight is 166 g/mol. The molecule has 2 nitrogen and oxygen atoms in total. The first kappa shape index (κ1) is 7.94. The maximum Gasteiger partial charge on any atom is 0.116 e. The van der Waals surface area contributed by atoms with Crippen LogP contribution in [0.2, 0.25) is 0 Å². The minimum Gasteiger partial charge on any atom is -0.351 e. The topological polar surface area (TPSA) is 28.7 Å². The number of nitriles is 1. The molecule has 13 heavy (non-hydrogen) atoms. The Balaban J connectivity index is 2.86. The zero-order valence-corrected chi connectivity index (χ0v) is 7.28. The molecule has 1 aromatic carbocycles. The van der Waals surface area contributed by atoms with Crippen molar-refractivity contribution in [2.24, 2.45) is 7.05 Å². The van der Waals surface area contributed by atoms with Crippen molar-refractivity contribution in [3.05, 3.63) is 30.0 Å². The third-order valence-corrected chi connectivity index (χ3v) is 2.15. The third-order valence-electron chi connectivity index (χ3n) is 2.15. The molecule has 0 unspecified atom stereocenters. The molecule has 2 rings (SSSR count). The van der Waals surface area contributed by atoms with Gasteiger partial charge in [-0.05, 0) is 29.8 Å². The number of aromatic nitrogens is 1. The smallest absolute Gasteiger partial charge is 0.116 e. The fourth-order valence-corrected chi connectivity index (χ4v) is 1.49. The number of benzene rings is 1. The maximum absolute atomic E-state index is 8.70. The van der Waals surface area contributed by atoms with E-state index in [0.717, 1.165) is 16.4 Å². The van der Waals surface area contributed by atoms with E-state index in [0.29, 0.717) is 5.56 Å². The summed E-state index contributed by atoms with van der Waals surface area (Å²) in [4.78, 5) is 0. The SMILES string of the molecule is [B]c1cn(C)c2ccc(C#N)cc12. The van der Waals surface area contributed by atoms with Crippen LogP contribution in [0.25, 0.3) is 10.9 Å². The Kier molecular flexibility index (Phi) is 1.63. The van der Waals surface area contributed by atoms with Gasteiger partial charge in [0.25, 0.3) is 0 Å². The van der Waals surface area contributed by atoms with Gasteiger partial charge in [-0.1, -0.05) is 5.46 Å². The lowest BCUT2D eigenvalue weighted by Gasteiger charge is -1.95. The second kappa shape index (κ2) is 2.67. The summed E-state index contributed by atoms with van der Waals surface area (Å²) in [5.41, 5.74) is 2.41. The van der Waals surface area contributed by atoms with Crippen LogP contribution in [0.5, 0.6) is 0 Å². The number of rotatable bonds is 0. The van der Waals surface area contributed by atoms with E-state index in [9.17, 15) is 0 Å². The molecular formula is C10H7BN2. The van der Waals surface area contributed by atoms with E-state index in [1.54, 1.807) is 6.07 Å². The molecule has 0 bridgehead atoms. The molecule has 0 aliphatic carbocycles. The van der Waals surface area contributed by atoms with E-state index in [2.05, 4.69) is 6.07 Å². The third kappa shape index (κ3) is 1.11. The van der Waals surface area contributed by atoms with Crippen LogP contribution >= 0.6 is 0 Å². The van der Waals surface area contributed by atoms with Gasteiger partial charge in [0.15, 0.2) is 0 Å². The van der Waals surface area contributed by atoms with Crippen LogP contribution in [0.3, 0.4) is 0 Å². The molecule has 0 amide bonds. The fraction of sp³-hybridized carbons (Fsp3) is 0.100. The van der Waals surface area contributed by atoms with Crippen molar-refractivity contribution < 1.29 is 0 Å². The highest BCUT2D eigenvalue weighted by Crippen LogP contribution is 2.13. The van der Waals surface area contributed by atoms with Crippen molar-refractivity contribution in [1.82, 2.24) is 4.57 Å². The van der Waals surface area contributed by atoms with E-state index in [-0.39, 0.29) is 0 Å². The zero-order chi connectivity index (χ0) is 9.42. The highest BCUT2D eigenvalue weighted by Gasteiger charge is 2.02. The van der Waals surface area contributed by atoms with Crippen LogP contribution < -0.4 is 5.46 Å². The molecule has 0 aliphatic rings. The van der Waals surface area contributed by atoms with E-state index < -0.39 is 0 Å². The Morgan fingerprint density at radius 2 is 2.23 bits per heavy atom. The van der Waals surface area contributed by atoms with Gasteiger partial charge in [-0.15, -0.1) is 0 Å². The van der Waals surface area contributed by atoms with Crippen molar-refractivity contribution >= 4 is 24.2 Å². The van der Waals surface area contributed by atoms with Gasteiger partial charge in [0.2, 0.25) is 0 Å². The molecule has 0 saturated heterocycles. The minimum atomic E-state index is 0.644. The molecule has 0 N–H and O–H groups in total. The maximum atomic E-state index is 8.70. The number of hydrogen-bond donors (Lipinski definition) is 0. The summed E-state index contributed by atoms with van der Waals surface area (Å²) in [6, 6.07) is 7.60. The molecule has 1 aromatic heterocycles. The molecule has 0 atom stereocenters. The number of aryl methyl sites for hydroxylation is 1. The first-order valence-corrected chi connectivity index (χ1v) is 3.97. The Hall–Kier alpha value is -1.69. The second-order valence-electron chi connectivity index (χ2n) is 3.04. The van der Waals surface area contributed by atoms with Gasteiger partial charge >= 0.3 is 0 Å². The number of hydrogen-bond acceptors (Lipinski definition) is 1. The van der Waals surface area contributed by atoms with Crippen molar-refractivity contribution in [3.63, 3.8) is 0 Å². The summed E-state index contributed by atoms with van der Waals surface area (Å²) >= 11 is 0. The Bertz CT molecular complexity index is 505. The Morgan fingerprint density at radius 3 is 2.92 bits per heavy atom. The van der Waals surface area contributed by atoms with Crippen LogP contribution in [0.15, 0.2) is 24.4 Å². The summed E-state index contributed by atoms with van der Waals surface area (Å²) in [6.07, 6.45) is 1.85. The largest absolute Gasteiger partial charge is 0.351 e. The molecule has 2 aromatic rings. The van der Waals surface area contributed by atoms with Gasteiger partial charge in [-0.3, -0.25) is 0 Å². The van der Waals surface area contributed by atoms with Crippen molar-refractivity contribution in [2.45, 2.75) is 0 Å². The number of nitrogens with zero attached hydrogens (tertiary/aromatic N) is 2. The summed E-state index contributed by atoms with van der Waals surface area (Å²) in [6.45, 7) is 0. The molecule has 3 heteroatoms. The monoisotopic (exact) mass is 166 g/mol. The number of fused-ring (bicyclic) bond motifs is 1. The standard InChI is InChI=1S/C10H7BN2/c1-13-6-9(11)8-4-7(5-12)2-3-10(8)13/h2-4,6H,1H3. The van der Waals surface area contributed by atoms with E-state index in [4.69, 9.17) is 13.1 Å². The van der Waals surface area contributed by atoms with Gasteiger partial charge in [0.1, 0.15) is 7.85 Å². The predicted molar refractivity (Wildman–Crippen MR) is 53.0 cm³/mol. The molecule has 1 heterocycles. The second-order valence-corrected chi connectivity index (χ2v) is 3.04. The first-order valence-electron chi connectivity index (χ1n) is 3.97. The van der Waals surface area contributed by atoms with E-state index in [1.807, 2.05) is 29.9 Å². The Morgan fingerprint density at radius 1 is 1.46 bits per heavy atom. The van der Waals surface area contributed by atoms with Gasteiger partial charge in [-0.2, -0.15) is 5.26 Å². The van der Waals surface area contributed by atoms with Crippen LogP contribution in [-0.2, 0) is 7.05 Å². The molecule has 0 spiro atoms. The summed E-state index contributed by atoms with van der Waals surface area (Å²) in [7, 11) is 7.71. The minimum absolute atomic E-state index is 0.644. The van der Waals surface area contributed by atoms with Crippen molar-refractivity contribution in [2.75, 3.05) is 0 Å².